The van der Waals surface area contributed by atoms with Crippen molar-refractivity contribution < 1.29 is 9.84 Å². The highest BCUT2D eigenvalue weighted by atomic mass is 16.5. The summed E-state index contributed by atoms with van der Waals surface area (Å²) in [6.07, 6.45) is 6.98. The second-order valence-corrected chi connectivity index (χ2v) is 4.48. The number of nitrogens with one attached hydrogen (secondary N) is 1. The van der Waals surface area contributed by atoms with Crippen molar-refractivity contribution >= 4 is 0 Å². The smallest absolute Gasteiger partial charge is 0.0698 e. The van der Waals surface area contributed by atoms with Crippen LogP contribution in [0.5, 0.6) is 0 Å². The van der Waals surface area contributed by atoms with Crippen LogP contribution in [0.25, 0.3) is 0 Å². The average Bonchev–Trinajstić information content (AvgIpc) is 2.30. The maximum absolute atomic E-state index is 8.53. The molecule has 0 bridgehead atoms. The van der Waals surface area contributed by atoms with E-state index in [2.05, 4.69) is 12.2 Å². The first-order valence-corrected chi connectivity index (χ1v) is 6.26. The van der Waals surface area contributed by atoms with E-state index in [-0.39, 0.29) is 6.61 Å². The summed E-state index contributed by atoms with van der Waals surface area (Å²) in [6.45, 7) is 4.47. The normalized spacial score (nSPS) is 20.4. The van der Waals surface area contributed by atoms with Crippen molar-refractivity contribution in [2.45, 2.75) is 45.1 Å². The highest BCUT2D eigenvalue weighted by Gasteiger charge is 2.18. The largest absolute Gasteiger partial charge is 0.394 e. The van der Waals surface area contributed by atoms with Crippen LogP contribution in [0.15, 0.2) is 0 Å². The Morgan fingerprint density at radius 3 is 2.67 bits per heavy atom. The SMILES string of the molecule is CC(NCCOCCO)C1CCCCC1. The summed E-state index contributed by atoms with van der Waals surface area (Å²) in [7, 11) is 0. The van der Waals surface area contributed by atoms with E-state index >= 15 is 0 Å². The van der Waals surface area contributed by atoms with Gasteiger partial charge < -0.3 is 15.2 Å². The number of aliphatic hydroxyl groups excluding tert-OH is 1. The molecule has 0 spiro atoms. The van der Waals surface area contributed by atoms with Crippen molar-refractivity contribution in [2.24, 2.45) is 5.92 Å². The van der Waals surface area contributed by atoms with Crippen molar-refractivity contribution in [3.05, 3.63) is 0 Å². The van der Waals surface area contributed by atoms with Crippen molar-refractivity contribution in [3.8, 4) is 0 Å². The van der Waals surface area contributed by atoms with Gasteiger partial charge in [0.15, 0.2) is 0 Å². The summed E-state index contributed by atoms with van der Waals surface area (Å²) in [4.78, 5) is 0. The minimum atomic E-state index is 0.123. The monoisotopic (exact) mass is 215 g/mol. The third-order valence-electron chi connectivity index (χ3n) is 3.31. The second-order valence-electron chi connectivity index (χ2n) is 4.48. The van der Waals surface area contributed by atoms with Crippen LogP contribution in [-0.4, -0.2) is 37.5 Å². The quantitative estimate of drug-likeness (QED) is 0.633. The zero-order valence-corrected chi connectivity index (χ0v) is 9.87. The zero-order valence-electron chi connectivity index (χ0n) is 9.87. The Labute approximate surface area is 93.2 Å². The third-order valence-corrected chi connectivity index (χ3v) is 3.31. The van der Waals surface area contributed by atoms with Crippen molar-refractivity contribution in [1.82, 2.24) is 5.32 Å². The predicted octanol–water partition coefficient (Wildman–Crippen LogP) is 1.55. The number of ether oxygens (including phenoxy) is 1. The molecule has 0 heterocycles. The number of aliphatic hydroxyl groups is 1. The molecule has 0 aliphatic heterocycles. The van der Waals surface area contributed by atoms with Crippen LogP contribution in [0.1, 0.15) is 39.0 Å². The molecule has 1 fully saturated rings. The van der Waals surface area contributed by atoms with Gasteiger partial charge in [0.25, 0.3) is 0 Å². The molecule has 90 valence electrons. The molecule has 0 amide bonds. The van der Waals surface area contributed by atoms with Crippen molar-refractivity contribution in [3.63, 3.8) is 0 Å². The molecule has 1 atom stereocenters. The average molecular weight is 215 g/mol. The second kappa shape index (κ2) is 8.08. The maximum atomic E-state index is 8.53. The van der Waals surface area contributed by atoms with Gasteiger partial charge in [-0.25, -0.2) is 0 Å². The van der Waals surface area contributed by atoms with Gasteiger partial charge in [-0.3, -0.25) is 0 Å². The molecule has 0 aromatic heterocycles. The number of hydrogen-bond donors (Lipinski definition) is 2. The van der Waals surface area contributed by atoms with E-state index in [1.54, 1.807) is 0 Å². The molecule has 15 heavy (non-hydrogen) atoms. The Bertz CT molecular complexity index is 147. The standard InChI is InChI=1S/C12H25NO2/c1-11(12-5-3-2-4-6-12)13-7-9-15-10-8-14/h11-14H,2-10H2,1H3. The van der Waals surface area contributed by atoms with E-state index in [1.807, 2.05) is 0 Å². The van der Waals surface area contributed by atoms with Gasteiger partial charge in [0.05, 0.1) is 19.8 Å². The fourth-order valence-corrected chi connectivity index (χ4v) is 2.33. The molecule has 0 radical (unpaired) electrons. The lowest BCUT2D eigenvalue weighted by molar-refractivity contribution is 0.0911. The summed E-state index contributed by atoms with van der Waals surface area (Å²) >= 11 is 0. The van der Waals surface area contributed by atoms with Crippen molar-refractivity contribution in [2.75, 3.05) is 26.4 Å². The van der Waals surface area contributed by atoms with Gasteiger partial charge in [0, 0.05) is 12.6 Å². The van der Waals surface area contributed by atoms with Gasteiger partial charge in [-0.1, -0.05) is 19.3 Å². The zero-order chi connectivity index (χ0) is 10.9. The molecular formula is C12H25NO2. The van der Waals surface area contributed by atoms with Gasteiger partial charge in [-0.15, -0.1) is 0 Å². The first-order chi connectivity index (χ1) is 7.34. The molecule has 3 nitrogen and oxygen atoms in total. The summed E-state index contributed by atoms with van der Waals surface area (Å²) < 4.78 is 5.21. The Hall–Kier alpha value is -0.120. The highest BCUT2D eigenvalue weighted by molar-refractivity contribution is 4.75. The van der Waals surface area contributed by atoms with Crippen LogP contribution in [0.2, 0.25) is 0 Å². The van der Waals surface area contributed by atoms with Gasteiger partial charge in [0.2, 0.25) is 0 Å². The van der Waals surface area contributed by atoms with E-state index in [0.29, 0.717) is 19.3 Å². The van der Waals surface area contributed by atoms with E-state index in [0.717, 1.165) is 12.5 Å². The van der Waals surface area contributed by atoms with Crippen molar-refractivity contribution in [1.29, 1.82) is 0 Å². The van der Waals surface area contributed by atoms with E-state index in [9.17, 15) is 0 Å². The Balaban J connectivity index is 1.99. The van der Waals surface area contributed by atoms with Gasteiger partial charge in [-0.2, -0.15) is 0 Å². The Morgan fingerprint density at radius 2 is 2.00 bits per heavy atom. The highest BCUT2D eigenvalue weighted by Crippen LogP contribution is 2.26. The molecule has 0 aromatic rings. The van der Waals surface area contributed by atoms with Crippen LogP contribution in [0.3, 0.4) is 0 Å². The Kier molecular flexibility index (Phi) is 6.98. The van der Waals surface area contributed by atoms with E-state index < -0.39 is 0 Å². The first kappa shape index (κ1) is 12.9. The van der Waals surface area contributed by atoms with Crippen LogP contribution in [-0.2, 0) is 4.74 Å². The van der Waals surface area contributed by atoms with Crippen LogP contribution in [0, 0.1) is 5.92 Å². The Morgan fingerprint density at radius 1 is 1.27 bits per heavy atom. The van der Waals surface area contributed by atoms with Gasteiger partial charge in [-0.05, 0) is 25.7 Å². The summed E-state index contributed by atoms with van der Waals surface area (Å²) in [5, 5.41) is 12.0. The lowest BCUT2D eigenvalue weighted by Gasteiger charge is -2.28. The summed E-state index contributed by atoms with van der Waals surface area (Å²) in [5.74, 6) is 0.858. The molecule has 1 unspecified atom stereocenters. The van der Waals surface area contributed by atoms with E-state index in [4.69, 9.17) is 9.84 Å². The first-order valence-electron chi connectivity index (χ1n) is 6.26. The third kappa shape index (κ3) is 5.50. The lowest BCUT2D eigenvalue weighted by atomic mass is 9.84. The summed E-state index contributed by atoms with van der Waals surface area (Å²) in [5.41, 5.74) is 0. The molecule has 1 aliphatic carbocycles. The molecule has 1 aliphatic rings. The fourth-order valence-electron chi connectivity index (χ4n) is 2.33. The molecule has 1 saturated carbocycles. The maximum Gasteiger partial charge on any atom is 0.0698 e. The topological polar surface area (TPSA) is 41.5 Å². The minimum absolute atomic E-state index is 0.123. The van der Waals surface area contributed by atoms with Gasteiger partial charge in [0.1, 0.15) is 0 Å². The number of hydrogen-bond acceptors (Lipinski definition) is 3. The van der Waals surface area contributed by atoms with E-state index in [1.165, 1.54) is 32.1 Å². The minimum Gasteiger partial charge on any atom is -0.394 e. The molecular weight excluding hydrogens is 190 g/mol. The molecule has 1 rings (SSSR count). The fraction of sp³-hybridized carbons (Fsp3) is 1.00. The van der Waals surface area contributed by atoms with Crippen LogP contribution >= 0.6 is 0 Å². The van der Waals surface area contributed by atoms with Crippen LogP contribution < -0.4 is 5.32 Å². The predicted molar refractivity (Wildman–Crippen MR) is 61.9 cm³/mol. The molecule has 2 N–H and O–H groups in total. The lowest BCUT2D eigenvalue weighted by Crippen LogP contribution is -2.36. The van der Waals surface area contributed by atoms with Gasteiger partial charge >= 0.3 is 0 Å². The molecule has 3 heteroatoms. The molecule has 0 aromatic carbocycles. The summed E-state index contributed by atoms with van der Waals surface area (Å²) in [6, 6.07) is 0.614. The molecule has 0 saturated heterocycles. The van der Waals surface area contributed by atoms with Crippen LogP contribution in [0.4, 0.5) is 0 Å². The number of rotatable bonds is 7.